The molecule has 4 heteroatoms. The summed E-state index contributed by atoms with van der Waals surface area (Å²) in [4.78, 5) is 27.0. The molecule has 0 saturated carbocycles. The summed E-state index contributed by atoms with van der Waals surface area (Å²) in [5, 5.41) is 0. The summed E-state index contributed by atoms with van der Waals surface area (Å²) < 4.78 is 5.42. The van der Waals surface area contributed by atoms with Crippen molar-refractivity contribution in [2.45, 2.75) is 18.9 Å². The van der Waals surface area contributed by atoms with Gasteiger partial charge in [0, 0.05) is 5.56 Å². The standard InChI is InChI=1S/C19H17NO3/c1-23-15-9-5-8-13-10-14-17(16(13)15)19(22)20(18(14)21)11-12-6-3-2-4-7-12/h2-9,14,17H,10-11H2,1H3. The highest BCUT2D eigenvalue weighted by Gasteiger charge is 2.53. The van der Waals surface area contributed by atoms with Crippen LogP contribution < -0.4 is 4.74 Å². The van der Waals surface area contributed by atoms with Gasteiger partial charge in [-0.2, -0.15) is 0 Å². The molecule has 1 saturated heterocycles. The minimum absolute atomic E-state index is 0.0675. The number of carbonyl (C=O) groups is 2. The van der Waals surface area contributed by atoms with Crippen molar-refractivity contribution in [1.82, 2.24) is 4.90 Å². The Morgan fingerprint density at radius 2 is 1.83 bits per heavy atom. The molecule has 1 aliphatic heterocycles. The van der Waals surface area contributed by atoms with Crippen molar-refractivity contribution in [3.05, 3.63) is 65.2 Å². The summed E-state index contributed by atoms with van der Waals surface area (Å²) in [5.74, 6) is -0.137. The molecule has 23 heavy (non-hydrogen) atoms. The fourth-order valence-electron chi connectivity index (χ4n) is 3.78. The zero-order valence-corrected chi connectivity index (χ0v) is 12.9. The number of ether oxygens (including phenoxy) is 1. The molecule has 116 valence electrons. The van der Waals surface area contributed by atoms with Crippen LogP contribution in [-0.4, -0.2) is 23.8 Å². The van der Waals surface area contributed by atoms with Gasteiger partial charge in [-0.3, -0.25) is 14.5 Å². The number of hydrogen-bond acceptors (Lipinski definition) is 3. The molecule has 2 aromatic rings. The highest BCUT2D eigenvalue weighted by Crippen LogP contribution is 2.48. The van der Waals surface area contributed by atoms with Gasteiger partial charge in [-0.05, 0) is 23.6 Å². The average Bonchev–Trinajstić information content (AvgIpc) is 3.07. The van der Waals surface area contributed by atoms with Crippen LogP contribution in [0.25, 0.3) is 0 Å². The van der Waals surface area contributed by atoms with Gasteiger partial charge in [0.15, 0.2) is 0 Å². The molecule has 2 aromatic carbocycles. The summed E-state index contributed by atoms with van der Waals surface area (Å²) in [6.45, 7) is 0.343. The van der Waals surface area contributed by atoms with Gasteiger partial charge in [0.1, 0.15) is 5.75 Å². The first-order valence-electron chi connectivity index (χ1n) is 7.75. The van der Waals surface area contributed by atoms with Crippen LogP contribution in [0, 0.1) is 5.92 Å². The lowest BCUT2D eigenvalue weighted by atomic mass is 9.95. The van der Waals surface area contributed by atoms with Crippen molar-refractivity contribution in [3.63, 3.8) is 0 Å². The van der Waals surface area contributed by atoms with Gasteiger partial charge in [-0.25, -0.2) is 0 Å². The minimum atomic E-state index is -0.391. The van der Waals surface area contributed by atoms with Gasteiger partial charge in [0.2, 0.25) is 11.8 Å². The van der Waals surface area contributed by atoms with Crippen LogP contribution >= 0.6 is 0 Å². The van der Waals surface area contributed by atoms with Gasteiger partial charge in [0.25, 0.3) is 0 Å². The van der Waals surface area contributed by atoms with Crippen molar-refractivity contribution >= 4 is 11.8 Å². The Morgan fingerprint density at radius 1 is 1.04 bits per heavy atom. The number of hydrogen-bond donors (Lipinski definition) is 0. The van der Waals surface area contributed by atoms with E-state index < -0.39 is 5.92 Å². The van der Waals surface area contributed by atoms with E-state index in [2.05, 4.69) is 0 Å². The second kappa shape index (κ2) is 5.23. The number of nitrogens with zero attached hydrogens (tertiary/aromatic N) is 1. The molecule has 0 spiro atoms. The first kappa shape index (κ1) is 14.0. The summed E-state index contributed by atoms with van der Waals surface area (Å²) >= 11 is 0. The van der Waals surface area contributed by atoms with Crippen molar-refractivity contribution in [1.29, 1.82) is 0 Å². The molecule has 4 rings (SSSR count). The van der Waals surface area contributed by atoms with E-state index in [4.69, 9.17) is 4.74 Å². The van der Waals surface area contributed by atoms with Crippen LogP contribution in [0.15, 0.2) is 48.5 Å². The summed E-state index contributed by atoms with van der Waals surface area (Å²) in [7, 11) is 1.60. The summed E-state index contributed by atoms with van der Waals surface area (Å²) in [5.41, 5.74) is 2.92. The van der Waals surface area contributed by atoms with E-state index in [1.54, 1.807) is 7.11 Å². The van der Waals surface area contributed by atoms with E-state index in [0.717, 1.165) is 16.7 Å². The third kappa shape index (κ3) is 2.05. The molecule has 1 fully saturated rings. The average molecular weight is 307 g/mol. The SMILES string of the molecule is COc1cccc2c1C1C(=O)N(Cc3ccccc3)C(=O)C1C2. The lowest BCUT2D eigenvalue weighted by Gasteiger charge is -2.17. The van der Waals surface area contributed by atoms with Crippen LogP contribution in [0.1, 0.15) is 22.6 Å². The Labute approximate surface area is 134 Å². The Kier molecular flexibility index (Phi) is 3.18. The van der Waals surface area contributed by atoms with Gasteiger partial charge in [-0.1, -0.05) is 42.5 Å². The number of carbonyl (C=O) groups excluding carboxylic acids is 2. The molecule has 2 unspecified atom stereocenters. The second-order valence-electron chi connectivity index (χ2n) is 6.07. The van der Waals surface area contributed by atoms with Crippen molar-refractivity contribution in [2.75, 3.05) is 7.11 Å². The number of imide groups is 1. The molecule has 2 amide bonds. The molecule has 0 N–H and O–H groups in total. The number of amides is 2. The van der Waals surface area contributed by atoms with E-state index in [1.807, 2.05) is 48.5 Å². The van der Waals surface area contributed by atoms with Crippen LogP contribution in [0.3, 0.4) is 0 Å². The largest absolute Gasteiger partial charge is 0.496 e. The lowest BCUT2D eigenvalue weighted by molar-refractivity contribution is -0.140. The van der Waals surface area contributed by atoms with E-state index in [0.29, 0.717) is 18.7 Å². The lowest BCUT2D eigenvalue weighted by Crippen LogP contribution is -2.31. The maximum absolute atomic E-state index is 12.9. The molecule has 0 radical (unpaired) electrons. The second-order valence-corrected chi connectivity index (χ2v) is 6.07. The Morgan fingerprint density at radius 3 is 2.57 bits per heavy atom. The van der Waals surface area contributed by atoms with E-state index in [9.17, 15) is 9.59 Å². The molecule has 0 bridgehead atoms. The van der Waals surface area contributed by atoms with Gasteiger partial charge in [-0.15, -0.1) is 0 Å². The third-order valence-electron chi connectivity index (χ3n) is 4.83. The third-order valence-corrected chi connectivity index (χ3v) is 4.83. The van der Waals surface area contributed by atoms with Gasteiger partial charge >= 0.3 is 0 Å². The zero-order chi connectivity index (χ0) is 16.0. The number of methoxy groups -OCH3 is 1. The van der Waals surface area contributed by atoms with E-state index >= 15 is 0 Å². The minimum Gasteiger partial charge on any atom is -0.496 e. The molecule has 4 nitrogen and oxygen atoms in total. The smallest absolute Gasteiger partial charge is 0.238 e. The van der Waals surface area contributed by atoms with E-state index in [-0.39, 0.29) is 17.7 Å². The predicted molar refractivity (Wildman–Crippen MR) is 84.9 cm³/mol. The molecule has 0 aromatic heterocycles. The number of benzene rings is 2. The molecule has 2 aliphatic rings. The van der Waals surface area contributed by atoms with Crippen LogP contribution in [0.5, 0.6) is 5.75 Å². The van der Waals surface area contributed by atoms with E-state index in [1.165, 1.54) is 4.90 Å². The quantitative estimate of drug-likeness (QED) is 0.819. The van der Waals surface area contributed by atoms with Crippen molar-refractivity contribution < 1.29 is 14.3 Å². The van der Waals surface area contributed by atoms with Crippen LogP contribution in [0.2, 0.25) is 0 Å². The maximum Gasteiger partial charge on any atom is 0.238 e. The number of fused-ring (bicyclic) bond motifs is 3. The highest BCUT2D eigenvalue weighted by molar-refractivity contribution is 6.09. The van der Waals surface area contributed by atoms with Crippen molar-refractivity contribution in [3.8, 4) is 5.75 Å². The highest BCUT2D eigenvalue weighted by atomic mass is 16.5. The molecular weight excluding hydrogens is 290 g/mol. The Hall–Kier alpha value is -2.62. The monoisotopic (exact) mass is 307 g/mol. The Balaban J connectivity index is 1.69. The molecule has 1 heterocycles. The predicted octanol–water partition coefficient (Wildman–Crippen LogP) is 2.52. The molecule has 1 aliphatic carbocycles. The van der Waals surface area contributed by atoms with Crippen LogP contribution in [0.4, 0.5) is 0 Å². The van der Waals surface area contributed by atoms with Gasteiger partial charge < -0.3 is 4.74 Å². The van der Waals surface area contributed by atoms with Gasteiger partial charge in [0.05, 0.1) is 25.5 Å². The Bertz CT molecular complexity index is 784. The fourth-order valence-corrected chi connectivity index (χ4v) is 3.78. The fraction of sp³-hybridized carbons (Fsp3) is 0.263. The first-order valence-corrected chi connectivity index (χ1v) is 7.75. The van der Waals surface area contributed by atoms with Crippen LogP contribution in [-0.2, 0) is 22.6 Å². The zero-order valence-electron chi connectivity index (χ0n) is 12.9. The maximum atomic E-state index is 12.9. The molecular formula is C19H17NO3. The van der Waals surface area contributed by atoms with Crippen molar-refractivity contribution in [2.24, 2.45) is 5.92 Å². The molecule has 2 atom stereocenters. The first-order chi connectivity index (χ1) is 11.2. The number of likely N-dealkylation sites (tertiary alicyclic amines) is 1. The summed E-state index contributed by atoms with van der Waals surface area (Å²) in [6.07, 6.45) is 0.618. The number of rotatable bonds is 3. The summed E-state index contributed by atoms with van der Waals surface area (Å²) in [6, 6.07) is 15.4. The topological polar surface area (TPSA) is 46.6 Å². The normalized spacial score (nSPS) is 22.2.